The predicted molar refractivity (Wildman–Crippen MR) is 62.4 cm³/mol. The van der Waals surface area contributed by atoms with Gasteiger partial charge in [0.2, 0.25) is 5.91 Å². The average molecular weight is 241 g/mol. The minimum absolute atomic E-state index is 0.0686. The highest BCUT2D eigenvalue weighted by atomic mass is 32.1. The van der Waals surface area contributed by atoms with Gasteiger partial charge in [0.15, 0.2) is 0 Å². The highest BCUT2D eigenvalue weighted by Crippen LogP contribution is 2.09. The van der Waals surface area contributed by atoms with Crippen LogP contribution >= 0.6 is 11.3 Å². The van der Waals surface area contributed by atoms with E-state index in [-0.39, 0.29) is 16.7 Å². The molecule has 0 aliphatic carbocycles. The van der Waals surface area contributed by atoms with E-state index >= 15 is 0 Å². The van der Waals surface area contributed by atoms with Crippen LogP contribution < -0.4 is 15.5 Å². The molecule has 0 bridgehead atoms. The molecule has 1 aromatic rings. The molecule has 0 unspecified atom stereocenters. The van der Waals surface area contributed by atoms with Crippen molar-refractivity contribution in [2.75, 3.05) is 13.1 Å². The monoisotopic (exact) mass is 241 g/mol. The van der Waals surface area contributed by atoms with Gasteiger partial charge in [-0.3, -0.25) is 9.59 Å². The number of amides is 1. The van der Waals surface area contributed by atoms with Crippen molar-refractivity contribution in [2.24, 2.45) is 5.92 Å². The zero-order valence-corrected chi connectivity index (χ0v) is 9.73. The molecule has 1 atom stereocenters. The third-order valence-electron chi connectivity index (χ3n) is 2.69. The van der Waals surface area contributed by atoms with Crippen LogP contribution in [0.25, 0.3) is 0 Å². The van der Waals surface area contributed by atoms with Crippen molar-refractivity contribution in [1.82, 2.24) is 15.6 Å². The summed E-state index contributed by atoms with van der Waals surface area (Å²) in [4.78, 5) is 25.2. The lowest BCUT2D eigenvalue weighted by Crippen LogP contribution is -2.40. The highest BCUT2D eigenvalue weighted by Gasteiger charge is 2.20. The molecule has 88 valence electrons. The van der Waals surface area contributed by atoms with Crippen molar-refractivity contribution < 1.29 is 4.79 Å². The number of carbonyl (C=O) groups is 1. The first-order valence-corrected chi connectivity index (χ1v) is 6.29. The maximum Gasteiger partial charge on any atom is 0.304 e. The number of carbonyl (C=O) groups excluding carboxylic acids is 1. The Balaban J connectivity index is 1.81. The van der Waals surface area contributed by atoms with E-state index < -0.39 is 0 Å². The molecule has 2 heterocycles. The third-order valence-corrected chi connectivity index (χ3v) is 3.41. The molecule has 0 radical (unpaired) electrons. The van der Waals surface area contributed by atoms with Crippen molar-refractivity contribution in [3.8, 4) is 0 Å². The van der Waals surface area contributed by atoms with E-state index in [4.69, 9.17) is 0 Å². The second kappa shape index (κ2) is 5.27. The Kier molecular flexibility index (Phi) is 3.74. The van der Waals surface area contributed by atoms with Gasteiger partial charge < -0.3 is 15.6 Å². The number of H-pyrrole nitrogens is 1. The maximum absolute atomic E-state index is 11.7. The van der Waals surface area contributed by atoms with E-state index in [0.717, 1.165) is 43.0 Å². The molecule has 1 aliphatic rings. The first-order chi connectivity index (χ1) is 7.75. The molecule has 6 heteroatoms. The van der Waals surface area contributed by atoms with Crippen LogP contribution in [0.1, 0.15) is 18.5 Å². The van der Waals surface area contributed by atoms with E-state index in [2.05, 4.69) is 15.6 Å². The van der Waals surface area contributed by atoms with Crippen LogP contribution in [0.5, 0.6) is 0 Å². The highest BCUT2D eigenvalue weighted by molar-refractivity contribution is 7.07. The van der Waals surface area contributed by atoms with Crippen LogP contribution in [0.2, 0.25) is 0 Å². The zero-order valence-electron chi connectivity index (χ0n) is 8.91. The number of aromatic nitrogens is 1. The molecule has 1 aromatic heterocycles. The van der Waals surface area contributed by atoms with Crippen LogP contribution in [0.4, 0.5) is 0 Å². The van der Waals surface area contributed by atoms with Crippen molar-refractivity contribution in [3.05, 3.63) is 20.7 Å². The fourth-order valence-corrected chi connectivity index (χ4v) is 2.38. The van der Waals surface area contributed by atoms with Crippen molar-refractivity contribution in [1.29, 1.82) is 0 Å². The van der Waals surface area contributed by atoms with E-state index in [0.29, 0.717) is 6.54 Å². The topological polar surface area (TPSA) is 74.0 Å². The second-order valence-corrected chi connectivity index (χ2v) is 4.78. The van der Waals surface area contributed by atoms with Crippen LogP contribution in [0.3, 0.4) is 0 Å². The van der Waals surface area contributed by atoms with E-state index in [9.17, 15) is 9.59 Å². The lowest BCUT2D eigenvalue weighted by molar-refractivity contribution is -0.125. The van der Waals surface area contributed by atoms with Gasteiger partial charge in [-0.15, -0.1) is 0 Å². The summed E-state index contributed by atoms with van der Waals surface area (Å²) in [7, 11) is 0. The minimum atomic E-state index is -0.0800. The largest absolute Gasteiger partial charge is 0.350 e. The van der Waals surface area contributed by atoms with Gasteiger partial charge in [-0.25, -0.2) is 0 Å². The van der Waals surface area contributed by atoms with Crippen LogP contribution in [-0.4, -0.2) is 24.0 Å². The van der Waals surface area contributed by atoms with Gasteiger partial charge in [0.05, 0.1) is 12.5 Å². The average Bonchev–Trinajstić information content (AvgIpc) is 2.73. The van der Waals surface area contributed by atoms with E-state index in [1.807, 2.05) is 0 Å². The molecule has 1 fully saturated rings. The first kappa shape index (κ1) is 11.3. The summed E-state index contributed by atoms with van der Waals surface area (Å²) in [5.41, 5.74) is 0.770. The van der Waals surface area contributed by atoms with Gasteiger partial charge in [0, 0.05) is 17.6 Å². The molecular weight excluding hydrogens is 226 g/mol. The number of rotatable bonds is 3. The Hall–Kier alpha value is -1.14. The first-order valence-electron chi connectivity index (χ1n) is 5.41. The van der Waals surface area contributed by atoms with Gasteiger partial charge in [0.1, 0.15) is 0 Å². The summed E-state index contributed by atoms with van der Waals surface area (Å²) in [6.45, 7) is 2.17. The molecular formula is C10H15N3O2S. The van der Waals surface area contributed by atoms with Crippen LogP contribution in [0, 0.1) is 5.92 Å². The lowest BCUT2D eigenvalue weighted by atomic mass is 9.99. The maximum atomic E-state index is 11.7. The van der Waals surface area contributed by atoms with Crippen molar-refractivity contribution in [2.45, 2.75) is 19.4 Å². The summed E-state index contributed by atoms with van der Waals surface area (Å²) in [6, 6.07) is 0. The third kappa shape index (κ3) is 2.93. The fraction of sp³-hybridized carbons (Fsp3) is 0.600. The van der Waals surface area contributed by atoms with Gasteiger partial charge in [0.25, 0.3) is 0 Å². The second-order valence-electron chi connectivity index (χ2n) is 3.93. The summed E-state index contributed by atoms with van der Waals surface area (Å²) in [6.07, 6.45) is 1.99. The molecule has 2 rings (SSSR count). The Morgan fingerprint density at radius 3 is 3.12 bits per heavy atom. The molecule has 0 saturated carbocycles. The molecule has 0 aromatic carbocycles. The Bertz CT molecular complexity index is 406. The zero-order chi connectivity index (χ0) is 11.4. The SMILES string of the molecule is O=C(NCc1csc(=O)[nH]1)[C@H]1CCCNC1. The predicted octanol–water partition coefficient (Wildman–Crippen LogP) is 0.0522. The number of nitrogens with one attached hydrogen (secondary N) is 3. The smallest absolute Gasteiger partial charge is 0.304 e. The molecule has 1 aliphatic heterocycles. The molecule has 1 saturated heterocycles. The quantitative estimate of drug-likeness (QED) is 0.700. The lowest BCUT2D eigenvalue weighted by Gasteiger charge is -2.21. The minimum Gasteiger partial charge on any atom is -0.350 e. The summed E-state index contributed by atoms with van der Waals surface area (Å²) < 4.78 is 0. The van der Waals surface area contributed by atoms with E-state index in [1.54, 1.807) is 5.38 Å². The molecule has 3 N–H and O–H groups in total. The van der Waals surface area contributed by atoms with Gasteiger partial charge in [-0.1, -0.05) is 11.3 Å². The summed E-state index contributed by atoms with van der Waals surface area (Å²) in [5, 5.41) is 7.78. The van der Waals surface area contributed by atoms with Gasteiger partial charge in [-0.05, 0) is 19.4 Å². The van der Waals surface area contributed by atoms with Gasteiger partial charge in [-0.2, -0.15) is 0 Å². The Labute approximate surface area is 97.3 Å². The standard InChI is InChI=1S/C10H15N3O2S/c14-9(7-2-1-3-11-4-7)12-5-8-6-16-10(15)13-8/h6-7,11H,1-5H2,(H,12,14)(H,13,15)/t7-/m0/s1. The van der Waals surface area contributed by atoms with Crippen molar-refractivity contribution in [3.63, 3.8) is 0 Å². The molecule has 16 heavy (non-hydrogen) atoms. The summed E-state index contributed by atoms with van der Waals surface area (Å²) >= 11 is 1.12. The van der Waals surface area contributed by atoms with Gasteiger partial charge >= 0.3 is 4.87 Å². The Morgan fingerprint density at radius 2 is 2.50 bits per heavy atom. The number of piperidine rings is 1. The molecule has 5 nitrogen and oxygen atoms in total. The van der Waals surface area contributed by atoms with E-state index in [1.165, 1.54) is 0 Å². The molecule has 1 amide bonds. The normalized spacial score (nSPS) is 20.6. The van der Waals surface area contributed by atoms with Crippen LogP contribution in [0.15, 0.2) is 10.2 Å². The summed E-state index contributed by atoms with van der Waals surface area (Å²) in [5.74, 6) is 0.137. The number of aromatic amines is 1. The number of hydrogen-bond acceptors (Lipinski definition) is 4. The number of hydrogen-bond donors (Lipinski definition) is 3. The Morgan fingerprint density at radius 1 is 1.62 bits per heavy atom. The molecule has 0 spiro atoms. The van der Waals surface area contributed by atoms with Crippen LogP contribution in [-0.2, 0) is 11.3 Å². The van der Waals surface area contributed by atoms with Crippen molar-refractivity contribution >= 4 is 17.2 Å². The number of thiazole rings is 1. The fourth-order valence-electron chi connectivity index (χ4n) is 1.80.